The summed E-state index contributed by atoms with van der Waals surface area (Å²) in [6.07, 6.45) is 0. The summed E-state index contributed by atoms with van der Waals surface area (Å²) in [4.78, 5) is 8.72. The van der Waals surface area contributed by atoms with Gasteiger partial charge in [-0.25, -0.2) is 14.4 Å². The van der Waals surface area contributed by atoms with Gasteiger partial charge in [-0.2, -0.15) is 0 Å². The van der Waals surface area contributed by atoms with E-state index in [-0.39, 0.29) is 5.82 Å². The van der Waals surface area contributed by atoms with Crippen molar-refractivity contribution in [3.8, 4) is 11.3 Å². The van der Waals surface area contributed by atoms with Gasteiger partial charge in [0.25, 0.3) is 0 Å². The largest absolute Gasteiger partial charge is 0.373 e. The van der Waals surface area contributed by atoms with E-state index < -0.39 is 0 Å². The molecule has 4 heteroatoms. The molecule has 0 fully saturated rings. The molecule has 0 aliphatic heterocycles. The minimum atomic E-state index is -0.244. The predicted octanol–water partition coefficient (Wildman–Crippen LogP) is 3.25. The van der Waals surface area contributed by atoms with Crippen LogP contribution in [0.1, 0.15) is 17.0 Å². The van der Waals surface area contributed by atoms with E-state index in [1.807, 2.05) is 33.9 Å². The molecule has 0 atom stereocenters. The van der Waals surface area contributed by atoms with Crippen molar-refractivity contribution in [1.29, 1.82) is 0 Å². The molecule has 0 bridgehead atoms. The van der Waals surface area contributed by atoms with Gasteiger partial charge < -0.3 is 5.32 Å². The summed E-state index contributed by atoms with van der Waals surface area (Å²) in [6, 6.07) is 4.93. The van der Waals surface area contributed by atoms with Crippen molar-refractivity contribution >= 4 is 5.82 Å². The first-order chi connectivity index (χ1) is 8.51. The van der Waals surface area contributed by atoms with Crippen LogP contribution in [0.2, 0.25) is 0 Å². The van der Waals surface area contributed by atoms with Crippen LogP contribution >= 0.6 is 0 Å². The third-order valence-corrected chi connectivity index (χ3v) is 2.81. The van der Waals surface area contributed by atoms with Crippen LogP contribution in [-0.2, 0) is 0 Å². The summed E-state index contributed by atoms with van der Waals surface area (Å²) >= 11 is 0. The summed E-state index contributed by atoms with van der Waals surface area (Å²) in [5, 5.41) is 3.03. The van der Waals surface area contributed by atoms with Crippen LogP contribution in [-0.4, -0.2) is 17.0 Å². The molecular formula is C14H16FN3. The van der Waals surface area contributed by atoms with Crippen molar-refractivity contribution in [3.63, 3.8) is 0 Å². The normalized spacial score (nSPS) is 10.5. The van der Waals surface area contributed by atoms with Gasteiger partial charge in [-0.05, 0) is 44.5 Å². The van der Waals surface area contributed by atoms with Gasteiger partial charge in [0.05, 0.1) is 5.69 Å². The second-order valence-electron chi connectivity index (χ2n) is 4.36. The molecule has 0 radical (unpaired) electrons. The number of nitrogens with one attached hydrogen (secondary N) is 1. The highest BCUT2D eigenvalue weighted by Crippen LogP contribution is 2.26. The molecule has 0 aliphatic carbocycles. The van der Waals surface area contributed by atoms with Crippen LogP contribution in [0.15, 0.2) is 18.2 Å². The molecule has 1 N–H and O–H groups in total. The number of hydrogen-bond donors (Lipinski definition) is 1. The molecule has 0 saturated carbocycles. The average molecular weight is 245 g/mol. The number of halogens is 1. The fraction of sp³-hybridized carbons (Fsp3) is 0.286. The smallest absolute Gasteiger partial charge is 0.132 e. The molecule has 0 amide bonds. The van der Waals surface area contributed by atoms with E-state index >= 15 is 0 Å². The lowest BCUT2D eigenvalue weighted by atomic mass is 10.0. The minimum absolute atomic E-state index is 0.244. The highest BCUT2D eigenvalue weighted by molar-refractivity contribution is 5.68. The molecule has 1 aromatic carbocycles. The topological polar surface area (TPSA) is 37.8 Å². The fourth-order valence-electron chi connectivity index (χ4n) is 2.03. The highest BCUT2D eigenvalue weighted by atomic mass is 19.1. The Labute approximate surface area is 106 Å². The second kappa shape index (κ2) is 4.72. The first-order valence-electron chi connectivity index (χ1n) is 5.82. The molecule has 2 rings (SSSR count). The molecule has 2 aromatic rings. The van der Waals surface area contributed by atoms with Gasteiger partial charge in [0.2, 0.25) is 0 Å². The SMILES string of the molecule is CNc1nc(C)nc(-c2cc(C)cc(F)c2)c1C. The van der Waals surface area contributed by atoms with Gasteiger partial charge in [-0.3, -0.25) is 0 Å². The van der Waals surface area contributed by atoms with Gasteiger partial charge >= 0.3 is 0 Å². The molecule has 0 unspecified atom stereocenters. The molecular weight excluding hydrogens is 229 g/mol. The quantitative estimate of drug-likeness (QED) is 0.882. The maximum atomic E-state index is 13.5. The van der Waals surface area contributed by atoms with Crippen LogP contribution in [0.3, 0.4) is 0 Å². The zero-order valence-electron chi connectivity index (χ0n) is 11.0. The number of anilines is 1. The monoisotopic (exact) mass is 245 g/mol. The van der Waals surface area contributed by atoms with E-state index in [9.17, 15) is 4.39 Å². The van der Waals surface area contributed by atoms with Crippen LogP contribution in [0.4, 0.5) is 10.2 Å². The molecule has 3 nitrogen and oxygen atoms in total. The maximum absolute atomic E-state index is 13.5. The Bertz CT molecular complexity index is 574. The summed E-state index contributed by atoms with van der Waals surface area (Å²) in [6.45, 7) is 5.63. The zero-order chi connectivity index (χ0) is 13.3. The van der Waals surface area contributed by atoms with E-state index in [2.05, 4.69) is 15.3 Å². The van der Waals surface area contributed by atoms with Gasteiger partial charge in [-0.1, -0.05) is 0 Å². The van der Waals surface area contributed by atoms with Crippen molar-refractivity contribution in [2.45, 2.75) is 20.8 Å². The summed E-state index contributed by atoms with van der Waals surface area (Å²) < 4.78 is 13.5. The standard InChI is InChI=1S/C14H16FN3/c1-8-5-11(7-12(15)6-8)13-9(2)14(16-4)18-10(3)17-13/h5-7H,1-4H3,(H,16,17,18). The average Bonchev–Trinajstić information content (AvgIpc) is 2.30. The third-order valence-electron chi connectivity index (χ3n) is 2.81. The van der Waals surface area contributed by atoms with Crippen molar-refractivity contribution in [2.75, 3.05) is 12.4 Å². The Morgan fingerprint density at radius 1 is 1.06 bits per heavy atom. The van der Waals surface area contributed by atoms with E-state index in [0.29, 0.717) is 5.82 Å². The summed E-state index contributed by atoms with van der Waals surface area (Å²) in [5.41, 5.74) is 3.36. The molecule has 1 heterocycles. The zero-order valence-corrected chi connectivity index (χ0v) is 11.0. The number of rotatable bonds is 2. The minimum Gasteiger partial charge on any atom is -0.373 e. The number of nitrogens with zero attached hydrogens (tertiary/aromatic N) is 2. The lowest BCUT2D eigenvalue weighted by Crippen LogP contribution is -2.03. The van der Waals surface area contributed by atoms with Crippen molar-refractivity contribution < 1.29 is 4.39 Å². The predicted molar refractivity (Wildman–Crippen MR) is 71.2 cm³/mol. The first-order valence-corrected chi connectivity index (χ1v) is 5.82. The van der Waals surface area contributed by atoms with E-state index in [0.717, 1.165) is 28.2 Å². The van der Waals surface area contributed by atoms with Crippen LogP contribution < -0.4 is 5.32 Å². The fourth-order valence-corrected chi connectivity index (χ4v) is 2.03. The Kier molecular flexibility index (Phi) is 3.28. The first kappa shape index (κ1) is 12.5. The maximum Gasteiger partial charge on any atom is 0.132 e. The van der Waals surface area contributed by atoms with E-state index in [1.165, 1.54) is 12.1 Å². The lowest BCUT2D eigenvalue weighted by molar-refractivity contribution is 0.627. The summed E-state index contributed by atoms with van der Waals surface area (Å²) in [5.74, 6) is 1.20. The van der Waals surface area contributed by atoms with Crippen molar-refractivity contribution in [3.05, 3.63) is 41.0 Å². The van der Waals surface area contributed by atoms with E-state index in [1.54, 1.807) is 0 Å². The van der Waals surface area contributed by atoms with Crippen molar-refractivity contribution in [1.82, 2.24) is 9.97 Å². The van der Waals surface area contributed by atoms with Crippen LogP contribution in [0.5, 0.6) is 0 Å². The van der Waals surface area contributed by atoms with Gasteiger partial charge in [0, 0.05) is 18.2 Å². The number of aromatic nitrogens is 2. The highest BCUT2D eigenvalue weighted by Gasteiger charge is 2.11. The van der Waals surface area contributed by atoms with Gasteiger partial charge in [0.15, 0.2) is 0 Å². The summed E-state index contributed by atoms with van der Waals surface area (Å²) in [7, 11) is 1.81. The molecule has 0 saturated heterocycles. The van der Waals surface area contributed by atoms with Crippen molar-refractivity contribution in [2.24, 2.45) is 0 Å². The Morgan fingerprint density at radius 2 is 1.78 bits per heavy atom. The molecule has 0 aliphatic rings. The molecule has 94 valence electrons. The number of benzene rings is 1. The van der Waals surface area contributed by atoms with Gasteiger partial charge in [-0.15, -0.1) is 0 Å². The second-order valence-corrected chi connectivity index (χ2v) is 4.36. The third kappa shape index (κ3) is 2.32. The lowest BCUT2D eigenvalue weighted by Gasteiger charge is -2.11. The van der Waals surface area contributed by atoms with Crippen LogP contribution in [0.25, 0.3) is 11.3 Å². The van der Waals surface area contributed by atoms with Crippen LogP contribution in [0, 0.1) is 26.6 Å². The Hall–Kier alpha value is -1.97. The number of hydrogen-bond acceptors (Lipinski definition) is 3. The Balaban J connectivity index is 2.66. The molecule has 1 aromatic heterocycles. The number of aryl methyl sites for hydroxylation is 2. The van der Waals surface area contributed by atoms with Gasteiger partial charge in [0.1, 0.15) is 17.5 Å². The Morgan fingerprint density at radius 3 is 2.39 bits per heavy atom. The molecule has 18 heavy (non-hydrogen) atoms. The van der Waals surface area contributed by atoms with E-state index in [4.69, 9.17) is 0 Å². The molecule has 0 spiro atoms.